The summed E-state index contributed by atoms with van der Waals surface area (Å²) in [5.74, 6) is -0.798. The predicted molar refractivity (Wildman–Crippen MR) is 59.9 cm³/mol. The number of hydrogen-bond acceptors (Lipinski definition) is 1. The van der Waals surface area contributed by atoms with Gasteiger partial charge in [-0.15, -0.1) is 0 Å². The summed E-state index contributed by atoms with van der Waals surface area (Å²) in [6.45, 7) is 1.89. The second-order valence-electron chi connectivity index (χ2n) is 3.50. The molecule has 16 heavy (non-hydrogen) atoms. The molecular weight excluding hydrogens is 207 g/mol. The van der Waals surface area contributed by atoms with Crippen LogP contribution in [0.5, 0.6) is 0 Å². The molecule has 2 aromatic rings. The van der Waals surface area contributed by atoms with Crippen LogP contribution in [0.3, 0.4) is 0 Å². The molecular formula is C12H11FN2O. The van der Waals surface area contributed by atoms with Crippen molar-refractivity contribution in [3.05, 3.63) is 53.6 Å². The van der Waals surface area contributed by atoms with Crippen LogP contribution in [0, 0.1) is 12.7 Å². The van der Waals surface area contributed by atoms with Gasteiger partial charge in [-0.1, -0.05) is 18.2 Å². The number of carbonyl (C=O) groups excluding carboxylic acids is 1. The Balaban J connectivity index is 2.17. The topological polar surface area (TPSA) is 44.9 Å². The normalized spacial score (nSPS) is 10.1. The van der Waals surface area contributed by atoms with Crippen molar-refractivity contribution in [1.82, 2.24) is 4.98 Å². The summed E-state index contributed by atoms with van der Waals surface area (Å²) >= 11 is 0. The third kappa shape index (κ3) is 2.11. The summed E-state index contributed by atoms with van der Waals surface area (Å²) in [6.07, 6.45) is 1.15. The van der Waals surface area contributed by atoms with Crippen molar-refractivity contribution in [1.29, 1.82) is 0 Å². The van der Waals surface area contributed by atoms with Gasteiger partial charge in [0.2, 0.25) is 0 Å². The van der Waals surface area contributed by atoms with Gasteiger partial charge in [-0.05, 0) is 18.6 Å². The van der Waals surface area contributed by atoms with Crippen molar-refractivity contribution in [2.24, 2.45) is 0 Å². The quantitative estimate of drug-likeness (QED) is 0.799. The maximum Gasteiger partial charge on any atom is 0.272 e. The number of benzene rings is 1. The van der Waals surface area contributed by atoms with Crippen LogP contribution in [0.25, 0.3) is 0 Å². The van der Waals surface area contributed by atoms with E-state index in [1.807, 2.05) is 25.1 Å². The summed E-state index contributed by atoms with van der Waals surface area (Å²) in [5, 5.41) is 2.70. The summed E-state index contributed by atoms with van der Waals surface area (Å²) in [7, 11) is 0. The highest BCUT2D eigenvalue weighted by Crippen LogP contribution is 2.14. The number of nitrogens with one attached hydrogen (secondary N) is 2. The lowest BCUT2D eigenvalue weighted by atomic mass is 10.2. The third-order valence-electron chi connectivity index (χ3n) is 2.29. The Bertz CT molecular complexity index is 519. The minimum atomic E-state index is -0.449. The zero-order valence-corrected chi connectivity index (χ0v) is 8.75. The van der Waals surface area contributed by atoms with Crippen molar-refractivity contribution in [2.75, 3.05) is 5.32 Å². The average Bonchev–Trinajstić information content (AvgIpc) is 2.68. The molecule has 0 bridgehead atoms. The van der Waals surface area contributed by atoms with Crippen molar-refractivity contribution >= 4 is 11.6 Å². The fourth-order valence-electron chi connectivity index (χ4n) is 1.40. The van der Waals surface area contributed by atoms with E-state index in [0.717, 1.165) is 23.5 Å². The number of carbonyl (C=O) groups is 1. The molecule has 0 fully saturated rings. The third-order valence-corrected chi connectivity index (χ3v) is 2.29. The highest BCUT2D eigenvalue weighted by atomic mass is 19.1. The Morgan fingerprint density at radius 1 is 1.38 bits per heavy atom. The summed E-state index contributed by atoms with van der Waals surface area (Å²) in [5.41, 5.74) is 1.89. The Hall–Kier alpha value is -2.10. The van der Waals surface area contributed by atoms with Crippen LogP contribution in [0.15, 0.2) is 36.5 Å². The number of anilines is 1. The summed E-state index contributed by atoms with van der Waals surface area (Å²) in [4.78, 5) is 14.2. The lowest BCUT2D eigenvalue weighted by Gasteiger charge is -2.06. The molecule has 1 amide bonds. The van der Waals surface area contributed by atoms with E-state index in [2.05, 4.69) is 10.3 Å². The Morgan fingerprint density at radius 2 is 2.12 bits per heavy atom. The fraction of sp³-hybridized carbons (Fsp3) is 0.0833. The number of rotatable bonds is 2. The minimum absolute atomic E-state index is 0.209. The fourth-order valence-corrected chi connectivity index (χ4v) is 1.40. The molecule has 2 N–H and O–H groups in total. The molecule has 0 unspecified atom stereocenters. The molecule has 0 atom stereocenters. The van der Waals surface area contributed by atoms with Crippen LogP contribution in [-0.2, 0) is 0 Å². The van der Waals surface area contributed by atoms with Crippen LogP contribution in [0.2, 0.25) is 0 Å². The highest BCUT2D eigenvalue weighted by Gasteiger charge is 2.09. The molecule has 0 aliphatic carbocycles. The Labute approximate surface area is 92.3 Å². The van der Waals surface area contributed by atoms with Crippen LogP contribution in [0.4, 0.5) is 10.1 Å². The molecule has 3 nitrogen and oxygen atoms in total. The van der Waals surface area contributed by atoms with Crippen molar-refractivity contribution in [3.63, 3.8) is 0 Å². The average molecular weight is 218 g/mol. The lowest BCUT2D eigenvalue weighted by Crippen LogP contribution is -2.12. The van der Waals surface area contributed by atoms with E-state index in [1.165, 1.54) is 0 Å². The first-order valence-electron chi connectivity index (χ1n) is 4.88. The molecule has 4 heteroatoms. The van der Waals surface area contributed by atoms with Gasteiger partial charge in [0.25, 0.3) is 5.91 Å². The van der Waals surface area contributed by atoms with E-state index in [-0.39, 0.29) is 11.6 Å². The minimum Gasteiger partial charge on any atom is -0.355 e. The standard InChI is InChI=1S/C12H11FN2O/c1-8-4-2-3-5-10(8)15-12(16)11-6-9(13)7-14-11/h2-7,14H,1H3,(H,15,16). The molecule has 0 aliphatic rings. The maximum absolute atomic E-state index is 12.7. The van der Waals surface area contributed by atoms with Gasteiger partial charge < -0.3 is 10.3 Å². The first-order valence-corrected chi connectivity index (χ1v) is 4.88. The van der Waals surface area contributed by atoms with Crippen LogP contribution in [0.1, 0.15) is 16.1 Å². The molecule has 82 valence electrons. The van der Waals surface area contributed by atoms with Gasteiger partial charge in [0.05, 0.1) is 0 Å². The number of halogens is 1. The number of amides is 1. The van der Waals surface area contributed by atoms with Crippen LogP contribution < -0.4 is 5.32 Å². The molecule has 1 aromatic heterocycles. The second kappa shape index (κ2) is 4.18. The van der Waals surface area contributed by atoms with E-state index in [1.54, 1.807) is 6.07 Å². The monoisotopic (exact) mass is 218 g/mol. The van der Waals surface area contributed by atoms with E-state index in [9.17, 15) is 9.18 Å². The van der Waals surface area contributed by atoms with Gasteiger partial charge >= 0.3 is 0 Å². The first-order chi connectivity index (χ1) is 7.66. The van der Waals surface area contributed by atoms with Gasteiger partial charge in [0, 0.05) is 18.0 Å². The molecule has 0 spiro atoms. The zero-order chi connectivity index (χ0) is 11.5. The summed E-state index contributed by atoms with van der Waals surface area (Å²) in [6, 6.07) is 8.57. The second-order valence-corrected chi connectivity index (χ2v) is 3.50. The number of aryl methyl sites for hydroxylation is 1. The zero-order valence-electron chi connectivity index (χ0n) is 8.75. The smallest absolute Gasteiger partial charge is 0.272 e. The maximum atomic E-state index is 12.7. The molecule has 0 saturated heterocycles. The van der Waals surface area contributed by atoms with E-state index < -0.39 is 5.82 Å². The van der Waals surface area contributed by atoms with E-state index in [4.69, 9.17) is 0 Å². The van der Waals surface area contributed by atoms with Crippen LogP contribution >= 0.6 is 0 Å². The van der Waals surface area contributed by atoms with Crippen molar-refractivity contribution in [2.45, 2.75) is 6.92 Å². The van der Waals surface area contributed by atoms with Gasteiger partial charge in [-0.25, -0.2) is 4.39 Å². The number of para-hydroxylation sites is 1. The van der Waals surface area contributed by atoms with Gasteiger partial charge in [-0.2, -0.15) is 0 Å². The largest absolute Gasteiger partial charge is 0.355 e. The van der Waals surface area contributed by atoms with E-state index in [0.29, 0.717) is 0 Å². The molecule has 0 radical (unpaired) electrons. The molecule has 0 aliphatic heterocycles. The molecule has 0 saturated carbocycles. The number of H-pyrrole nitrogens is 1. The molecule has 2 rings (SSSR count). The van der Waals surface area contributed by atoms with Gasteiger partial charge in [0.15, 0.2) is 0 Å². The molecule has 1 heterocycles. The van der Waals surface area contributed by atoms with Gasteiger partial charge in [-0.3, -0.25) is 4.79 Å². The van der Waals surface area contributed by atoms with E-state index >= 15 is 0 Å². The lowest BCUT2D eigenvalue weighted by molar-refractivity contribution is 0.102. The van der Waals surface area contributed by atoms with Crippen LogP contribution in [-0.4, -0.2) is 10.9 Å². The number of hydrogen-bond donors (Lipinski definition) is 2. The number of aromatic amines is 1. The Morgan fingerprint density at radius 3 is 2.75 bits per heavy atom. The highest BCUT2D eigenvalue weighted by molar-refractivity contribution is 6.03. The van der Waals surface area contributed by atoms with Crippen molar-refractivity contribution < 1.29 is 9.18 Å². The summed E-state index contributed by atoms with van der Waals surface area (Å²) < 4.78 is 12.7. The predicted octanol–water partition coefficient (Wildman–Crippen LogP) is 2.71. The SMILES string of the molecule is Cc1ccccc1NC(=O)c1cc(F)c[nH]1. The number of aromatic nitrogens is 1. The Kier molecular flexibility index (Phi) is 2.72. The molecule has 1 aromatic carbocycles. The van der Waals surface area contributed by atoms with Crippen molar-refractivity contribution in [3.8, 4) is 0 Å². The van der Waals surface area contributed by atoms with Gasteiger partial charge in [0.1, 0.15) is 11.5 Å². The first kappa shape index (κ1) is 10.4.